The van der Waals surface area contributed by atoms with Gasteiger partial charge in [-0.15, -0.1) is 0 Å². The number of anilines is 3. The second-order valence-electron chi connectivity index (χ2n) is 17.0. The molecular weight excluding hydrogens is 747 g/mol. The highest BCUT2D eigenvalue weighted by Gasteiger charge is 2.37. The van der Waals surface area contributed by atoms with Gasteiger partial charge in [-0.25, -0.2) is 0 Å². The molecule has 1 heteroatoms. The van der Waals surface area contributed by atoms with E-state index in [4.69, 9.17) is 0 Å². The number of nitrogens with zero attached hydrogens (tertiary/aromatic N) is 1. The molecule has 0 unspecified atom stereocenters. The van der Waals surface area contributed by atoms with Gasteiger partial charge in [-0.1, -0.05) is 196 Å². The van der Waals surface area contributed by atoms with Crippen LogP contribution >= 0.6 is 0 Å². The molecule has 0 N–H and O–H groups in total. The molecule has 1 aliphatic rings. The summed E-state index contributed by atoms with van der Waals surface area (Å²) in [4.78, 5) is 2.41. The highest BCUT2D eigenvalue weighted by Crippen LogP contribution is 2.52. The second kappa shape index (κ2) is 15.4. The third-order valence-corrected chi connectivity index (χ3v) is 12.8. The molecule has 10 aromatic rings. The highest BCUT2D eigenvalue weighted by atomic mass is 15.1. The zero-order valence-electron chi connectivity index (χ0n) is 35.0. The molecule has 294 valence electrons. The van der Waals surface area contributed by atoms with E-state index in [9.17, 15) is 0 Å². The Kier molecular flexibility index (Phi) is 9.24. The maximum absolute atomic E-state index is 2.41. The summed E-state index contributed by atoms with van der Waals surface area (Å²) in [6, 6.07) is 86.6. The fourth-order valence-corrected chi connectivity index (χ4v) is 9.71. The van der Waals surface area contributed by atoms with Gasteiger partial charge in [-0.05, 0) is 143 Å². The van der Waals surface area contributed by atoms with Gasteiger partial charge in [-0.3, -0.25) is 0 Å². The summed E-state index contributed by atoms with van der Waals surface area (Å²) in [5.74, 6) is 0. The predicted octanol–water partition coefficient (Wildman–Crippen LogP) is 17.0. The third-order valence-electron chi connectivity index (χ3n) is 12.8. The first-order valence-electron chi connectivity index (χ1n) is 21.6. The van der Waals surface area contributed by atoms with E-state index in [1.54, 1.807) is 0 Å². The Labute approximate surface area is 364 Å². The molecule has 0 heterocycles. The molecule has 0 bridgehead atoms. The van der Waals surface area contributed by atoms with E-state index < -0.39 is 0 Å². The lowest BCUT2D eigenvalue weighted by molar-refractivity contribution is 0.662. The molecule has 0 saturated carbocycles. The Balaban J connectivity index is 1.02. The van der Waals surface area contributed by atoms with Crippen LogP contribution in [0.4, 0.5) is 17.1 Å². The first-order chi connectivity index (χ1) is 30.5. The largest absolute Gasteiger partial charge is 0.310 e. The topological polar surface area (TPSA) is 3.24 Å². The normalized spacial score (nSPS) is 12.5. The molecule has 1 nitrogen and oxygen atoms in total. The van der Waals surface area contributed by atoms with Crippen LogP contribution in [0, 0.1) is 0 Å². The van der Waals surface area contributed by atoms with Gasteiger partial charge in [0.15, 0.2) is 0 Å². The molecule has 0 aromatic heterocycles. The lowest BCUT2D eigenvalue weighted by atomic mass is 9.79. The van der Waals surface area contributed by atoms with Gasteiger partial charge in [0.2, 0.25) is 0 Å². The summed E-state index contributed by atoms with van der Waals surface area (Å²) in [6.45, 7) is 4.73. The molecule has 0 amide bonds. The van der Waals surface area contributed by atoms with Crippen LogP contribution in [0.3, 0.4) is 0 Å². The van der Waals surface area contributed by atoms with Crippen molar-refractivity contribution in [3.05, 3.63) is 248 Å². The number of hydrogen-bond donors (Lipinski definition) is 0. The molecule has 0 radical (unpaired) electrons. The molecule has 0 fully saturated rings. The number of benzene rings is 10. The van der Waals surface area contributed by atoms with Crippen molar-refractivity contribution in [2.24, 2.45) is 0 Å². The van der Waals surface area contributed by atoms with Gasteiger partial charge in [-0.2, -0.15) is 0 Å². The predicted molar refractivity (Wildman–Crippen MR) is 263 cm³/mol. The van der Waals surface area contributed by atoms with Gasteiger partial charge in [0, 0.05) is 22.5 Å². The Hall–Kier alpha value is -7.74. The van der Waals surface area contributed by atoms with E-state index >= 15 is 0 Å². The van der Waals surface area contributed by atoms with Gasteiger partial charge in [0.1, 0.15) is 0 Å². The number of fused-ring (bicyclic) bond motifs is 4. The van der Waals surface area contributed by atoms with Crippen LogP contribution in [-0.4, -0.2) is 0 Å². The number of rotatable bonds is 8. The van der Waals surface area contributed by atoms with Crippen molar-refractivity contribution < 1.29 is 0 Å². The van der Waals surface area contributed by atoms with Crippen molar-refractivity contribution >= 4 is 27.8 Å². The summed E-state index contributed by atoms with van der Waals surface area (Å²) >= 11 is 0. The van der Waals surface area contributed by atoms with E-state index in [0.29, 0.717) is 0 Å². The summed E-state index contributed by atoms with van der Waals surface area (Å²) in [5.41, 5.74) is 20.7. The summed E-state index contributed by atoms with van der Waals surface area (Å²) in [7, 11) is 0. The van der Waals surface area contributed by atoms with Gasteiger partial charge in [0.25, 0.3) is 0 Å². The fourth-order valence-electron chi connectivity index (χ4n) is 9.71. The van der Waals surface area contributed by atoms with E-state index in [-0.39, 0.29) is 5.41 Å². The van der Waals surface area contributed by atoms with Crippen molar-refractivity contribution in [3.8, 4) is 66.8 Å². The average Bonchev–Trinajstić information content (AvgIpc) is 3.58. The SMILES string of the molecule is CC1(C)c2ccccc2-c2cccc(-c3ccc(N(c4ccc(-c5cccc(-c6ccc7ccccc7c6)c5)cc4)c4cc(-c5ccccc5)cc(-c5ccccc5)c4)cc3)c21. The fraction of sp³-hybridized carbons (Fsp3) is 0.0492. The first-order valence-corrected chi connectivity index (χ1v) is 21.6. The maximum Gasteiger partial charge on any atom is 0.0473 e. The Morgan fingerprint density at radius 3 is 1.40 bits per heavy atom. The van der Waals surface area contributed by atoms with Gasteiger partial charge < -0.3 is 4.90 Å². The third kappa shape index (κ3) is 6.69. The molecule has 1 aliphatic carbocycles. The minimum Gasteiger partial charge on any atom is -0.310 e. The first kappa shape index (κ1) is 37.3. The van der Waals surface area contributed by atoms with Crippen LogP contribution in [0.2, 0.25) is 0 Å². The van der Waals surface area contributed by atoms with Crippen LogP contribution < -0.4 is 4.90 Å². The Morgan fingerprint density at radius 2 is 0.726 bits per heavy atom. The average molecular weight is 792 g/mol. The van der Waals surface area contributed by atoms with Crippen molar-refractivity contribution in [3.63, 3.8) is 0 Å². The van der Waals surface area contributed by atoms with Gasteiger partial charge in [0.05, 0.1) is 0 Å². The summed E-state index contributed by atoms with van der Waals surface area (Å²) < 4.78 is 0. The minimum atomic E-state index is -0.102. The lowest BCUT2D eigenvalue weighted by Crippen LogP contribution is -2.16. The summed E-state index contributed by atoms with van der Waals surface area (Å²) in [6.07, 6.45) is 0. The standard InChI is InChI=1S/C61H45N/c1-61(2)59-26-12-11-23-57(59)58-25-14-24-56(60(58)61)46-31-35-54(36-32-46)62(55-40-51(42-15-5-3-6-16-42)39-52(41-55)43-17-7-4-8-18-43)53-33-29-45(30-34-53)48-21-13-22-49(37-48)50-28-27-44-19-9-10-20-47(44)38-50/h3-41H,1-2H3. The molecule has 0 atom stereocenters. The smallest absolute Gasteiger partial charge is 0.0473 e. The van der Waals surface area contributed by atoms with E-state index in [2.05, 4.69) is 255 Å². The molecule has 62 heavy (non-hydrogen) atoms. The highest BCUT2D eigenvalue weighted by molar-refractivity contribution is 5.91. The molecule has 10 aromatic carbocycles. The zero-order valence-corrected chi connectivity index (χ0v) is 35.0. The number of hydrogen-bond acceptors (Lipinski definition) is 1. The van der Waals surface area contributed by atoms with E-state index in [1.807, 2.05) is 0 Å². The second-order valence-corrected chi connectivity index (χ2v) is 17.0. The van der Waals surface area contributed by atoms with Gasteiger partial charge >= 0.3 is 0 Å². The molecule has 0 aliphatic heterocycles. The maximum atomic E-state index is 2.41. The van der Waals surface area contributed by atoms with Crippen LogP contribution in [0.25, 0.3) is 77.5 Å². The lowest BCUT2D eigenvalue weighted by Gasteiger charge is -2.28. The minimum absolute atomic E-state index is 0.102. The van der Waals surface area contributed by atoms with Crippen molar-refractivity contribution in [1.82, 2.24) is 0 Å². The monoisotopic (exact) mass is 791 g/mol. The molecule has 0 saturated heterocycles. The molecule has 0 spiro atoms. The van der Waals surface area contributed by atoms with Crippen molar-refractivity contribution in [1.29, 1.82) is 0 Å². The molecule has 11 rings (SSSR count). The molecular formula is C61H45N. The zero-order chi connectivity index (χ0) is 41.6. The Morgan fingerprint density at radius 1 is 0.274 bits per heavy atom. The van der Waals surface area contributed by atoms with Crippen LogP contribution in [0.15, 0.2) is 237 Å². The van der Waals surface area contributed by atoms with Crippen LogP contribution in [-0.2, 0) is 5.41 Å². The van der Waals surface area contributed by atoms with Crippen molar-refractivity contribution in [2.45, 2.75) is 19.3 Å². The Bertz CT molecular complexity index is 3170. The van der Waals surface area contributed by atoms with Crippen molar-refractivity contribution in [2.75, 3.05) is 4.90 Å². The van der Waals surface area contributed by atoms with Crippen LogP contribution in [0.1, 0.15) is 25.0 Å². The van der Waals surface area contributed by atoms with Crippen LogP contribution in [0.5, 0.6) is 0 Å². The van der Waals surface area contributed by atoms with E-state index in [1.165, 1.54) is 88.7 Å². The quantitative estimate of drug-likeness (QED) is 0.148. The van der Waals surface area contributed by atoms with E-state index in [0.717, 1.165) is 17.1 Å². The summed E-state index contributed by atoms with van der Waals surface area (Å²) in [5, 5.41) is 2.51.